The lowest BCUT2D eigenvalue weighted by atomic mass is 10.1. The lowest BCUT2D eigenvalue weighted by molar-refractivity contribution is 0.408. The summed E-state index contributed by atoms with van der Waals surface area (Å²) in [5.74, 6) is 4.09. The molecule has 0 atom stereocenters. The van der Waals surface area contributed by atoms with Crippen molar-refractivity contribution >= 4 is 40.8 Å². The van der Waals surface area contributed by atoms with Gasteiger partial charge in [0.25, 0.3) is 0 Å². The summed E-state index contributed by atoms with van der Waals surface area (Å²) in [7, 11) is 0. The number of allylic oxidation sites excluding steroid dienone is 1. The first-order chi connectivity index (χ1) is 33.6. The van der Waals surface area contributed by atoms with Gasteiger partial charge < -0.3 is 9.05 Å². The van der Waals surface area contributed by atoms with Crippen molar-refractivity contribution in [2.45, 2.75) is 229 Å². The lowest BCUT2D eigenvalue weighted by Gasteiger charge is -1.98. The Balaban J connectivity index is -0.000000127. The molecule has 0 aliphatic carbocycles. The third-order valence-electron chi connectivity index (χ3n) is 7.85. The molecule has 70 heavy (non-hydrogen) atoms. The molecule has 0 radical (unpaired) electrons. The van der Waals surface area contributed by atoms with Crippen LogP contribution in [0.1, 0.15) is 262 Å². The second kappa shape index (κ2) is 61.1. The molecular formula is C57H108N8O2S3. The Morgan fingerprint density at radius 1 is 0.529 bits per heavy atom. The predicted molar refractivity (Wildman–Crippen MR) is 318 cm³/mol. The number of nitrogens with one attached hydrogen (secondary N) is 1. The van der Waals surface area contributed by atoms with E-state index in [9.17, 15) is 0 Å². The van der Waals surface area contributed by atoms with Crippen LogP contribution in [0, 0.1) is 5.92 Å². The van der Waals surface area contributed by atoms with Crippen LogP contribution in [-0.2, 0) is 0 Å². The van der Waals surface area contributed by atoms with E-state index < -0.39 is 0 Å². The summed E-state index contributed by atoms with van der Waals surface area (Å²) < 4.78 is 21.4. The standard InChI is InChI=1S/C7H11N.C6H10N2.2C6H9NO.3C6H9NS.7C2H6/c1-6(2)7-3-4-8-5-7;1-5(2)6-3-4-7-8-6;1-5(2)6-3-7-8-4-6;1-5(2)6-3-4-8-7-6;1-5(2)6-3-7-8-4-6;1-5(2)6-3-4-8-7-6;1-5(2)6-3-4-7-8-6;7*1-2/h3,5-6H,4H2,1-2H3;3-5H,1-2H3,(H,7,8);5*3-5H,1-2H3;7*1-2H3. The van der Waals surface area contributed by atoms with E-state index in [1.54, 1.807) is 36.5 Å². The maximum Gasteiger partial charge on any atom is 0.127 e. The Hall–Kier alpha value is -4.07. The number of aliphatic imine (C=N–C) groups is 1. The highest BCUT2D eigenvalue weighted by Gasteiger charge is 2.02. The first kappa shape index (κ1) is 80.0. The summed E-state index contributed by atoms with van der Waals surface area (Å²) in [6.07, 6.45) is 14.7. The second-order valence-electron chi connectivity index (χ2n) is 15.0. The summed E-state index contributed by atoms with van der Waals surface area (Å²) in [4.78, 5) is 5.43. The van der Waals surface area contributed by atoms with Crippen LogP contribution < -0.4 is 0 Å². The Morgan fingerprint density at radius 3 is 1.30 bits per heavy atom. The van der Waals surface area contributed by atoms with Crippen LogP contribution >= 0.6 is 34.6 Å². The van der Waals surface area contributed by atoms with Crippen molar-refractivity contribution in [2.75, 3.05) is 6.54 Å². The van der Waals surface area contributed by atoms with E-state index in [1.165, 1.54) is 50.5 Å². The lowest BCUT2D eigenvalue weighted by Crippen LogP contribution is -1.90. The molecule has 0 aromatic carbocycles. The number of H-pyrrole nitrogens is 1. The topological polar surface area (TPSA) is 132 Å². The third-order valence-corrected chi connectivity index (χ3v) is 10.1. The fraction of sp³-hybridized carbons (Fsp3) is 0.632. The number of rotatable bonds is 7. The molecule has 1 N–H and O–H groups in total. The predicted octanol–water partition coefficient (Wildman–Crippen LogP) is 20.8. The number of hydrogen-bond donors (Lipinski definition) is 1. The van der Waals surface area contributed by atoms with Crippen LogP contribution in [0.5, 0.6) is 0 Å². The molecule has 6 aromatic rings. The van der Waals surface area contributed by atoms with E-state index >= 15 is 0 Å². The molecule has 0 bridgehead atoms. The van der Waals surface area contributed by atoms with Gasteiger partial charge in [-0.2, -0.15) is 9.47 Å². The van der Waals surface area contributed by atoms with Gasteiger partial charge in [0.1, 0.15) is 12.5 Å². The zero-order chi connectivity index (χ0) is 55.9. The van der Waals surface area contributed by atoms with Crippen molar-refractivity contribution in [3.05, 3.63) is 117 Å². The molecule has 0 saturated heterocycles. The molecule has 0 spiro atoms. The second-order valence-corrected chi connectivity index (χ2v) is 17.2. The molecule has 0 fully saturated rings. The summed E-state index contributed by atoms with van der Waals surface area (Å²) in [6.45, 7) is 58.9. The molecule has 0 amide bonds. The Kier molecular flexibility index (Phi) is 69.8. The average Bonchev–Trinajstić information content (AvgIpc) is 4.26. The SMILES string of the molecule is CC.CC.CC.CC.CC.CC.CC.CC(C)C1=CCN=C1.CC(C)c1ccn[nH]1.CC(C)c1ccns1.CC(C)c1ccon1.CC(C)c1ccsn1.CC(C)c1cnoc1.CC(C)c1cnsc1. The molecule has 6 aromatic heterocycles. The third kappa shape index (κ3) is 47.6. The van der Waals surface area contributed by atoms with E-state index in [-0.39, 0.29) is 0 Å². The van der Waals surface area contributed by atoms with Crippen LogP contribution in [0.25, 0.3) is 0 Å². The summed E-state index contributed by atoms with van der Waals surface area (Å²) in [5, 5.41) is 18.1. The summed E-state index contributed by atoms with van der Waals surface area (Å²) >= 11 is 4.62. The molecule has 10 nitrogen and oxygen atoms in total. The van der Waals surface area contributed by atoms with Crippen molar-refractivity contribution < 1.29 is 9.05 Å². The minimum atomic E-state index is 0.480. The maximum atomic E-state index is 4.63. The highest BCUT2D eigenvalue weighted by atomic mass is 32.1. The first-order valence-electron chi connectivity index (χ1n) is 26.3. The van der Waals surface area contributed by atoms with Crippen molar-refractivity contribution in [3.8, 4) is 0 Å². The normalized spacial score (nSPS) is 9.73. The summed E-state index contributed by atoms with van der Waals surface area (Å²) in [5.41, 5.74) is 7.30. The minimum Gasteiger partial charge on any atom is -0.365 e. The molecule has 13 heteroatoms. The summed E-state index contributed by atoms with van der Waals surface area (Å²) in [6, 6.07) is 8.00. The van der Waals surface area contributed by atoms with E-state index in [4.69, 9.17) is 0 Å². The van der Waals surface area contributed by atoms with Crippen LogP contribution in [0.4, 0.5) is 0 Å². The molecule has 406 valence electrons. The van der Waals surface area contributed by atoms with Gasteiger partial charge in [-0.15, -0.1) is 0 Å². The van der Waals surface area contributed by atoms with Gasteiger partial charge in [-0.1, -0.05) is 210 Å². The van der Waals surface area contributed by atoms with Crippen molar-refractivity contribution in [1.82, 2.24) is 33.6 Å². The molecular weight excluding hydrogens is 925 g/mol. The molecule has 7 rings (SSSR count). The Bertz CT molecular complexity index is 1450. The van der Waals surface area contributed by atoms with Gasteiger partial charge in [0.15, 0.2) is 0 Å². The highest BCUT2D eigenvalue weighted by Crippen LogP contribution is 2.17. The van der Waals surface area contributed by atoms with Crippen LogP contribution in [0.3, 0.4) is 0 Å². The monoisotopic (exact) mass is 1030 g/mol. The quantitative estimate of drug-likeness (QED) is 0.167. The van der Waals surface area contributed by atoms with Crippen molar-refractivity contribution in [3.63, 3.8) is 0 Å². The Morgan fingerprint density at radius 2 is 1.10 bits per heavy atom. The fourth-order valence-corrected chi connectivity index (χ4v) is 5.83. The largest absolute Gasteiger partial charge is 0.365 e. The van der Waals surface area contributed by atoms with Crippen LogP contribution in [0.2, 0.25) is 0 Å². The zero-order valence-corrected chi connectivity index (χ0v) is 52.5. The number of hydrogen-bond acceptors (Lipinski definition) is 12. The number of nitrogens with zero attached hydrogens (tertiary/aromatic N) is 7. The molecule has 1 aliphatic heterocycles. The van der Waals surface area contributed by atoms with Crippen LogP contribution in [0.15, 0.2) is 98.0 Å². The van der Waals surface area contributed by atoms with Gasteiger partial charge >= 0.3 is 0 Å². The fourth-order valence-electron chi connectivity index (χ4n) is 3.90. The van der Waals surface area contributed by atoms with Gasteiger partial charge in [0, 0.05) is 57.8 Å². The van der Waals surface area contributed by atoms with E-state index in [1.807, 2.05) is 133 Å². The van der Waals surface area contributed by atoms with E-state index in [0.717, 1.165) is 17.8 Å². The molecule has 0 saturated carbocycles. The minimum absolute atomic E-state index is 0.480. The van der Waals surface area contributed by atoms with Gasteiger partial charge in [-0.25, -0.2) is 8.75 Å². The molecule has 1 aliphatic rings. The molecule has 0 unspecified atom stereocenters. The average molecular weight is 1030 g/mol. The van der Waals surface area contributed by atoms with Gasteiger partial charge in [-0.05, 0) is 105 Å². The van der Waals surface area contributed by atoms with E-state index in [0.29, 0.717) is 41.4 Å². The van der Waals surface area contributed by atoms with Crippen molar-refractivity contribution in [1.29, 1.82) is 0 Å². The van der Waals surface area contributed by atoms with Crippen LogP contribution in [-0.4, -0.2) is 46.4 Å². The zero-order valence-electron chi connectivity index (χ0n) is 50.0. The molecule has 7 heterocycles. The van der Waals surface area contributed by atoms with Gasteiger partial charge in [-0.3, -0.25) is 10.1 Å². The number of aromatic amines is 1. The highest BCUT2D eigenvalue weighted by molar-refractivity contribution is 7.05. The van der Waals surface area contributed by atoms with Gasteiger partial charge in [0.05, 0.1) is 24.1 Å². The maximum absolute atomic E-state index is 4.63. The Labute approximate surface area is 445 Å². The smallest absolute Gasteiger partial charge is 0.127 e. The van der Waals surface area contributed by atoms with Crippen molar-refractivity contribution in [2.24, 2.45) is 10.9 Å². The van der Waals surface area contributed by atoms with Gasteiger partial charge in [0.2, 0.25) is 0 Å². The van der Waals surface area contributed by atoms with E-state index in [2.05, 4.69) is 168 Å². The number of aromatic nitrogens is 7. The first-order valence-corrected chi connectivity index (χ1v) is 28.8.